The van der Waals surface area contributed by atoms with Gasteiger partial charge in [-0.2, -0.15) is 0 Å². The van der Waals surface area contributed by atoms with Gasteiger partial charge in [0.25, 0.3) is 0 Å². The van der Waals surface area contributed by atoms with Gasteiger partial charge in [0.2, 0.25) is 0 Å². The summed E-state index contributed by atoms with van der Waals surface area (Å²) in [5, 5.41) is 0.374. The fourth-order valence-electron chi connectivity index (χ4n) is 1.08. The Labute approximate surface area is 94.8 Å². The molecule has 70 valence electrons. The summed E-state index contributed by atoms with van der Waals surface area (Å²) in [6, 6.07) is 5.89. The molecule has 0 fully saturated rings. The van der Waals surface area contributed by atoms with E-state index in [4.69, 9.17) is 0 Å². The maximum atomic E-state index is 11.4. The molecular formula is C10H10Br2O. The third-order valence-electron chi connectivity index (χ3n) is 1.86. The second-order valence-corrected chi connectivity index (χ2v) is 4.14. The minimum Gasteiger partial charge on any atom is -0.293 e. The third kappa shape index (κ3) is 2.64. The minimum absolute atomic E-state index is 0.113. The summed E-state index contributed by atoms with van der Waals surface area (Å²) in [5.74, 6) is 0.113. The lowest BCUT2D eigenvalue weighted by Gasteiger charge is -2.03. The van der Waals surface area contributed by atoms with Crippen molar-refractivity contribution in [3.63, 3.8) is 0 Å². The van der Waals surface area contributed by atoms with Gasteiger partial charge in [0.05, 0.1) is 5.33 Å². The molecular weight excluding hydrogens is 296 g/mol. The molecule has 1 nitrogen and oxygen atoms in total. The van der Waals surface area contributed by atoms with E-state index in [9.17, 15) is 4.79 Å². The van der Waals surface area contributed by atoms with E-state index < -0.39 is 0 Å². The Balaban J connectivity index is 3.11. The van der Waals surface area contributed by atoms with E-state index in [-0.39, 0.29) is 5.78 Å². The number of aryl methyl sites for hydroxylation is 1. The molecule has 0 heterocycles. The zero-order valence-electron chi connectivity index (χ0n) is 7.31. The standard InChI is InChI=1S/C10H10Br2O/c1-2-7-3-4-9(12)8(5-7)10(13)6-11/h3-5H,2,6H2,1H3. The van der Waals surface area contributed by atoms with Gasteiger partial charge in [0.1, 0.15) is 0 Å². The summed E-state index contributed by atoms with van der Waals surface area (Å²) in [5.41, 5.74) is 1.95. The fraction of sp³-hybridized carbons (Fsp3) is 0.300. The Morgan fingerprint density at radius 3 is 2.69 bits per heavy atom. The summed E-state index contributed by atoms with van der Waals surface area (Å²) in [7, 11) is 0. The summed E-state index contributed by atoms with van der Waals surface area (Å²) >= 11 is 6.52. The van der Waals surface area contributed by atoms with Crippen LogP contribution in [0.25, 0.3) is 0 Å². The maximum absolute atomic E-state index is 11.4. The Kier molecular flexibility index (Phi) is 4.13. The summed E-state index contributed by atoms with van der Waals surface area (Å²) in [4.78, 5) is 11.4. The van der Waals surface area contributed by atoms with Crippen LogP contribution >= 0.6 is 31.9 Å². The molecule has 0 aliphatic heterocycles. The van der Waals surface area contributed by atoms with Gasteiger partial charge in [-0.1, -0.05) is 44.8 Å². The van der Waals surface area contributed by atoms with Gasteiger partial charge in [0.15, 0.2) is 5.78 Å². The number of ketones is 1. The lowest BCUT2D eigenvalue weighted by Crippen LogP contribution is -2.01. The highest BCUT2D eigenvalue weighted by Crippen LogP contribution is 2.19. The molecule has 0 saturated carbocycles. The Morgan fingerprint density at radius 1 is 1.46 bits per heavy atom. The van der Waals surface area contributed by atoms with Crippen molar-refractivity contribution >= 4 is 37.6 Å². The van der Waals surface area contributed by atoms with Crippen LogP contribution in [0.1, 0.15) is 22.8 Å². The number of carbonyl (C=O) groups excluding carboxylic acids is 1. The molecule has 0 N–H and O–H groups in total. The molecule has 1 aromatic carbocycles. The van der Waals surface area contributed by atoms with Gasteiger partial charge in [-0.3, -0.25) is 4.79 Å². The fourth-order valence-corrected chi connectivity index (χ4v) is 1.85. The number of halogens is 2. The normalized spacial score (nSPS) is 10.1. The summed E-state index contributed by atoms with van der Waals surface area (Å²) in [6.07, 6.45) is 0.954. The molecule has 0 aromatic heterocycles. The van der Waals surface area contributed by atoms with Gasteiger partial charge in [-0.15, -0.1) is 0 Å². The molecule has 3 heteroatoms. The highest BCUT2D eigenvalue weighted by Gasteiger charge is 2.08. The number of benzene rings is 1. The van der Waals surface area contributed by atoms with Crippen LogP contribution in [0.4, 0.5) is 0 Å². The monoisotopic (exact) mass is 304 g/mol. The van der Waals surface area contributed by atoms with Gasteiger partial charge in [-0.05, 0) is 24.1 Å². The highest BCUT2D eigenvalue weighted by atomic mass is 79.9. The average Bonchev–Trinajstić information content (AvgIpc) is 2.17. The van der Waals surface area contributed by atoms with Crippen molar-refractivity contribution in [1.29, 1.82) is 0 Å². The van der Waals surface area contributed by atoms with Crippen LogP contribution in [0.2, 0.25) is 0 Å². The van der Waals surface area contributed by atoms with Crippen LogP contribution in [0.15, 0.2) is 22.7 Å². The molecule has 1 rings (SSSR count). The molecule has 0 unspecified atom stereocenters. The van der Waals surface area contributed by atoms with Crippen molar-refractivity contribution in [3.05, 3.63) is 33.8 Å². The molecule has 0 bridgehead atoms. The quantitative estimate of drug-likeness (QED) is 0.616. The van der Waals surface area contributed by atoms with Crippen molar-refractivity contribution in [3.8, 4) is 0 Å². The third-order valence-corrected chi connectivity index (χ3v) is 3.06. The molecule has 0 saturated heterocycles. The lowest BCUT2D eigenvalue weighted by atomic mass is 10.1. The number of alkyl halides is 1. The molecule has 0 amide bonds. The predicted octanol–water partition coefficient (Wildman–Crippen LogP) is 3.59. The second-order valence-electron chi connectivity index (χ2n) is 2.72. The number of rotatable bonds is 3. The average molecular weight is 306 g/mol. The van der Waals surface area contributed by atoms with E-state index in [1.165, 1.54) is 5.56 Å². The molecule has 0 atom stereocenters. The lowest BCUT2D eigenvalue weighted by molar-refractivity contribution is 0.102. The molecule has 13 heavy (non-hydrogen) atoms. The van der Waals surface area contributed by atoms with Crippen molar-refractivity contribution in [1.82, 2.24) is 0 Å². The largest absolute Gasteiger partial charge is 0.293 e. The second kappa shape index (κ2) is 4.91. The first-order chi connectivity index (χ1) is 6.19. The zero-order valence-corrected chi connectivity index (χ0v) is 10.5. The molecule has 1 aromatic rings. The Hall–Kier alpha value is -0.150. The van der Waals surface area contributed by atoms with E-state index in [0.29, 0.717) is 5.33 Å². The smallest absolute Gasteiger partial charge is 0.174 e. The van der Waals surface area contributed by atoms with Crippen molar-refractivity contribution in [2.24, 2.45) is 0 Å². The predicted molar refractivity (Wildman–Crippen MR) is 61.6 cm³/mol. The minimum atomic E-state index is 0.113. The first-order valence-electron chi connectivity index (χ1n) is 4.06. The maximum Gasteiger partial charge on any atom is 0.174 e. The molecule has 0 aliphatic rings. The number of hydrogen-bond donors (Lipinski definition) is 0. The van der Waals surface area contributed by atoms with Gasteiger partial charge in [0, 0.05) is 10.0 Å². The number of hydrogen-bond acceptors (Lipinski definition) is 1. The molecule has 0 spiro atoms. The van der Waals surface area contributed by atoms with Crippen LogP contribution in [0, 0.1) is 0 Å². The molecule has 0 aliphatic carbocycles. The van der Waals surface area contributed by atoms with Crippen molar-refractivity contribution in [2.45, 2.75) is 13.3 Å². The van der Waals surface area contributed by atoms with Gasteiger partial charge < -0.3 is 0 Å². The first-order valence-corrected chi connectivity index (χ1v) is 5.98. The zero-order chi connectivity index (χ0) is 9.84. The van der Waals surface area contributed by atoms with Crippen LogP contribution in [-0.2, 0) is 6.42 Å². The van der Waals surface area contributed by atoms with E-state index in [1.807, 2.05) is 18.2 Å². The highest BCUT2D eigenvalue weighted by molar-refractivity contribution is 9.10. The Bertz CT molecular complexity index is 321. The number of carbonyl (C=O) groups is 1. The van der Waals surface area contributed by atoms with E-state index in [0.717, 1.165) is 16.5 Å². The SMILES string of the molecule is CCc1ccc(Br)c(C(=O)CBr)c1. The van der Waals surface area contributed by atoms with Crippen LogP contribution < -0.4 is 0 Å². The summed E-state index contributed by atoms with van der Waals surface area (Å²) in [6.45, 7) is 2.08. The van der Waals surface area contributed by atoms with E-state index in [1.54, 1.807) is 0 Å². The Morgan fingerprint density at radius 2 is 2.15 bits per heavy atom. The van der Waals surface area contributed by atoms with Crippen LogP contribution in [0.3, 0.4) is 0 Å². The van der Waals surface area contributed by atoms with Gasteiger partial charge in [-0.25, -0.2) is 0 Å². The van der Waals surface area contributed by atoms with Crippen LogP contribution in [0.5, 0.6) is 0 Å². The number of Topliss-reactive ketones (excluding diaryl/α,β-unsaturated/α-hetero) is 1. The van der Waals surface area contributed by atoms with Crippen LogP contribution in [-0.4, -0.2) is 11.1 Å². The van der Waals surface area contributed by atoms with Crippen molar-refractivity contribution < 1.29 is 4.79 Å². The topological polar surface area (TPSA) is 17.1 Å². The van der Waals surface area contributed by atoms with E-state index >= 15 is 0 Å². The summed E-state index contributed by atoms with van der Waals surface area (Å²) < 4.78 is 0.870. The van der Waals surface area contributed by atoms with E-state index in [2.05, 4.69) is 38.8 Å². The van der Waals surface area contributed by atoms with Crippen molar-refractivity contribution in [2.75, 3.05) is 5.33 Å². The van der Waals surface area contributed by atoms with Gasteiger partial charge >= 0.3 is 0 Å². The molecule has 0 radical (unpaired) electrons. The first kappa shape index (κ1) is 10.9.